The molecular weight excluding hydrogens is 238 g/mol. The Kier molecular flexibility index (Phi) is 4.23. The van der Waals surface area contributed by atoms with E-state index in [2.05, 4.69) is 4.90 Å². The molecule has 1 saturated carbocycles. The summed E-state index contributed by atoms with van der Waals surface area (Å²) in [4.78, 5) is 15.7. The van der Waals surface area contributed by atoms with Crippen molar-refractivity contribution in [2.24, 2.45) is 5.92 Å². The van der Waals surface area contributed by atoms with Crippen molar-refractivity contribution in [3.05, 3.63) is 0 Å². The molecule has 3 rings (SSSR count). The SMILES string of the molecule is O=C(C1CCOCC1)C1(N2CCCCC2)CCCC1. The average Bonchev–Trinajstić information content (AvgIpc) is 2.99. The number of hydrogen-bond donors (Lipinski definition) is 0. The van der Waals surface area contributed by atoms with E-state index in [1.54, 1.807) is 0 Å². The first-order valence-electron chi connectivity index (χ1n) is 8.20. The molecule has 2 aliphatic heterocycles. The molecule has 0 radical (unpaired) electrons. The van der Waals surface area contributed by atoms with Gasteiger partial charge in [-0.1, -0.05) is 19.3 Å². The van der Waals surface area contributed by atoms with Gasteiger partial charge in [0.05, 0.1) is 5.54 Å². The Morgan fingerprint density at radius 3 is 2.21 bits per heavy atom. The standard InChI is InChI=1S/C16H27NO2/c18-15(14-6-12-19-13-7-14)16(8-2-3-9-16)17-10-4-1-5-11-17/h14H,1-13H2. The number of nitrogens with zero attached hydrogens (tertiary/aromatic N) is 1. The fourth-order valence-corrected chi connectivity index (χ4v) is 4.34. The van der Waals surface area contributed by atoms with Gasteiger partial charge >= 0.3 is 0 Å². The van der Waals surface area contributed by atoms with Gasteiger partial charge in [-0.15, -0.1) is 0 Å². The lowest BCUT2D eigenvalue weighted by Gasteiger charge is -2.44. The Bertz CT molecular complexity index is 311. The number of hydrogen-bond acceptors (Lipinski definition) is 3. The maximum absolute atomic E-state index is 13.1. The van der Waals surface area contributed by atoms with E-state index in [1.807, 2.05) is 0 Å². The third-order valence-electron chi connectivity index (χ3n) is 5.44. The molecule has 3 fully saturated rings. The van der Waals surface area contributed by atoms with Crippen LogP contribution in [0, 0.1) is 5.92 Å². The van der Waals surface area contributed by atoms with E-state index in [1.165, 1.54) is 32.1 Å². The van der Waals surface area contributed by atoms with Gasteiger partial charge in [-0.2, -0.15) is 0 Å². The summed E-state index contributed by atoms with van der Waals surface area (Å²) in [5.74, 6) is 0.837. The third-order valence-corrected chi connectivity index (χ3v) is 5.44. The fourth-order valence-electron chi connectivity index (χ4n) is 4.34. The molecule has 3 heteroatoms. The van der Waals surface area contributed by atoms with Crippen LogP contribution in [0.4, 0.5) is 0 Å². The second kappa shape index (κ2) is 5.92. The second-order valence-electron chi connectivity index (χ2n) is 6.54. The fraction of sp³-hybridized carbons (Fsp3) is 0.938. The molecule has 0 N–H and O–H groups in total. The van der Waals surface area contributed by atoms with Crippen molar-refractivity contribution < 1.29 is 9.53 Å². The second-order valence-corrected chi connectivity index (χ2v) is 6.54. The highest BCUT2D eigenvalue weighted by Crippen LogP contribution is 2.40. The zero-order valence-corrected chi connectivity index (χ0v) is 12.0. The molecule has 0 atom stereocenters. The number of carbonyl (C=O) groups is 1. The molecule has 19 heavy (non-hydrogen) atoms. The van der Waals surface area contributed by atoms with Crippen LogP contribution in [0.5, 0.6) is 0 Å². The monoisotopic (exact) mass is 265 g/mol. The number of likely N-dealkylation sites (tertiary alicyclic amines) is 1. The molecule has 0 aromatic rings. The highest BCUT2D eigenvalue weighted by molar-refractivity contribution is 5.91. The van der Waals surface area contributed by atoms with Crippen molar-refractivity contribution in [2.45, 2.75) is 63.3 Å². The molecule has 108 valence electrons. The smallest absolute Gasteiger partial charge is 0.156 e. The van der Waals surface area contributed by atoms with Gasteiger partial charge in [0.25, 0.3) is 0 Å². The van der Waals surface area contributed by atoms with Gasteiger partial charge in [-0.3, -0.25) is 9.69 Å². The molecule has 0 unspecified atom stereocenters. The molecule has 0 aromatic carbocycles. The van der Waals surface area contributed by atoms with Crippen LogP contribution in [0.15, 0.2) is 0 Å². The minimum Gasteiger partial charge on any atom is -0.381 e. The van der Waals surface area contributed by atoms with Crippen molar-refractivity contribution in [3.63, 3.8) is 0 Å². The third kappa shape index (κ3) is 2.59. The summed E-state index contributed by atoms with van der Waals surface area (Å²) >= 11 is 0. The Labute approximate surface area is 116 Å². The molecule has 2 heterocycles. The van der Waals surface area contributed by atoms with E-state index in [-0.39, 0.29) is 11.5 Å². The molecule has 2 saturated heterocycles. The van der Waals surface area contributed by atoms with E-state index >= 15 is 0 Å². The van der Waals surface area contributed by atoms with Gasteiger partial charge in [-0.05, 0) is 51.6 Å². The van der Waals surface area contributed by atoms with Crippen molar-refractivity contribution in [3.8, 4) is 0 Å². The van der Waals surface area contributed by atoms with Crippen molar-refractivity contribution in [1.29, 1.82) is 0 Å². The van der Waals surface area contributed by atoms with Crippen LogP contribution in [-0.4, -0.2) is 42.5 Å². The van der Waals surface area contributed by atoms with E-state index in [9.17, 15) is 4.79 Å². The Morgan fingerprint density at radius 1 is 0.947 bits per heavy atom. The van der Waals surface area contributed by atoms with E-state index < -0.39 is 0 Å². The highest BCUT2D eigenvalue weighted by Gasteiger charge is 2.48. The summed E-state index contributed by atoms with van der Waals surface area (Å²) in [5, 5.41) is 0. The molecule has 1 aliphatic carbocycles. The maximum atomic E-state index is 13.1. The molecular formula is C16H27NO2. The number of piperidine rings is 1. The number of ether oxygens (including phenoxy) is 1. The van der Waals surface area contributed by atoms with Crippen molar-refractivity contribution >= 4 is 5.78 Å². The zero-order chi connectivity index (χ0) is 13.1. The lowest BCUT2D eigenvalue weighted by atomic mass is 9.79. The lowest BCUT2D eigenvalue weighted by molar-refractivity contribution is -0.139. The number of Topliss-reactive ketones (excluding diaryl/α,β-unsaturated/α-hetero) is 1. The van der Waals surface area contributed by atoms with Gasteiger partial charge < -0.3 is 4.74 Å². The summed E-state index contributed by atoms with van der Waals surface area (Å²) < 4.78 is 5.43. The summed E-state index contributed by atoms with van der Waals surface area (Å²) in [7, 11) is 0. The largest absolute Gasteiger partial charge is 0.381 e. The summed E-state index contributed by atoms with van der Waals surface area (Å²) in [6.07, 6.45) is 10.5. The first-order valence-corrected chi connectivity index (χ1v) is 8.20. The van der Waals surface area contributed by atoms with Gasteiger partial charge in [0.15, 0.2) is 5.78 Å². The van der Waals surface area contributed by atoms with Gasteiger partial charge in [-0.25, -0.2) is 0 Å². The molecule has 0 bridgehead atoms. The summed E-state index contributed by atoms with van der Waals surface area (Å²) in [6.45, 7) is 3.86. The maximum Gasteiger partial charge on any atom is 0.156 e. The van der Waals surface area contributed by atoms with Crippen LogP contribution >= 0.6 is 0 Å². The number of carbonyl (C=O) groups excluding carboxylic acids is 1. The quantitative estimate of drug-likeness (QED) is 0.786. The minimum absolute atomic E-state index is 0.0809. The molecule has 0 aromatic heterocycles. The van der Waals surface area contributed by atoms with Crippen LogP contribution in [-0.2, 0) is 9.53 Å². The molecule has 3 aliphatic rings. The minimum atomic E-state index is -0.0809. The van der Waals surface area contributed by atoms with Crippen LogP contribution in [0.2, 0.25) is 0 Å². The predicted molar refractivity (Wildman–Crippen MR) is 75.2 cm³/mol. The van der Waals surface area contributed by atoms with Crippen LogP contribution < -0.4 is 0 Å². The molecule has 0 amide bonds. The Balaban J connectivity index is 1.76. The Hall–Kier alpha value is -0.410. The topological polar surface area (TPSA) is 29.5 Å². The number of ketones is 1. The number of rotatable bonds is 3. The van der Waals surface area contributed by atoms with E-state index in [0.717, 1.165) is 52.0 Å². The van der Waals surface area contributed by atoms with Crippen LogP contribution in [0.3, 0.4) is 0 Å². The highest BCUT2D eigenvalue weighted by atomic mass is 16.5. The van der Waals surface area contributed by atoms with Gasteiger partial charge in [0, 0.05) is 19.1 Å². The van der Waals surface area contributed by atoms with Gasteiger partial charge in [0.2, 0.25) is 0 Å². The van der Waals surface area contributed by atoms with Crippen LogP contribution in [0.1, 0.15) is 57.8 Å². The first-order chi connectivity index (χ1) is 9.33. The first kappa shape index (κ1) is 13.6. The predicted octanol–water partition coefficient (Wildman–Crippen LogP) is 2.78. The average molecular weight is 265 g/mol. The van der Waals surface area contributed by atoms with Crippen molar-refractivity contribution in [2.75, 3.05) is 26.3 Å². The Morgan fingerprint density at radius 2 is 1.58 bits per heavy atom. The van der Waals surface area contributed by atoms with Crippen LogP contribution in [0.25, 0.3) is 0 Å². The molecule has 3 nitrogen and oxygen atoms in total. The normalized spacial score (nSPS) is 29.5. The zero-order valence-electron chi connectivity index (χ0n) is 12.0. The summed E-state index contributed by atoms with van der Waals surface area (Å²) in [5.41, 5.74) is -0.0809. The van der Waals surface area contributed by atoms with E-state index in [0.29, 0.717) is 5.78 Å². The lowest BCUT2D eigenvalue weighted by Crippen LogP contribution is -2.56. The van der Waals surface area contributed by atoms with Crippen molar-refractivity contribution in [1.82, 2.24) is 4.90 Å². The summed E-state index contributed by atoms with van der Waals surface area (Å²) in [6, 6.07) is 0. The molecule has 0 spiro atoms. The van der Waals surface area contributed by atoms with E-state index in [4.69, 9.17) is 4.74 Å². The van der Waals surface area contributed by atoms with Gasteiger partial charge in [0.1, 0.15) is 0 Å².